The van der Waals surface area contributed by atoms with E-state index in [9.17, 15) is 9.90 Å². The summed E-state index contributed by atoms with van der Waals surface area (Å²) < 4.78 is 4.96. The molecule has 3 rings (SSSR count). The van der Waals surface area contributed by atoms with Crippen molar-refractivity contribution in [2.45, 2.75) is 19.9 Å². The normalized spacial score (nSPS) is 16.8. The molecule has 2 N–H and O–H groups in total. The summed E-state index contributed by atoms with van der Waals surface area (Å²) >= 11 is 0. The van der Waals surface area contributed by atoms with E-state index in [1.165, 1.54) is 0 Å². The Kier molecular flexibility index (Phi) is 4.71. The van der Waals surface area contributed by atoms with Crippen molar-refractivity contribution >= 4 is 17.4 Å². The van der Waals surface area contributed by atoms with E-state index in [1.807, 2.05) is 19.1 Å². The number of carbonyl (C=O) groups is 1. The average molecular weight is 330 g/mol. The number of amides is 1. The lowest BCUT2D eigenvalue weighted by Crippen LogP contribution is -2.52. The second-order valence-electron chi connectivity index (χ2n) is 6.03. The fourth-order valence-electron chi connectivity index (χ4n) is 2.85. The Labute approximate surface area is 140 Å². The lowest BCUT2D eigenvalue weighted by atomic mass is 10.2. The largest absolute Gasteiger partial charge is 0.508 e. The highest BCUT2D eigenvalue weighted by atomic mass is 16.5. The molecule has 1 aliphatic heterocycles. The van der Waals surface area contributed by atoms with Gasteiger partial charge in [0.1, 0.15) is 11.5 Å². The third-order valence-electron chi connectivity index (χ3n) is 4.34. The summed E-state index contributed by atoms with van der Waals surface area (Å²) in [5.74, 6) is 1.31. The van der Waals surface area contributed by atoms with E-state index in [1.54, 1.807) is 25.1 Å². The van der Waals surface area contributed by atoms with Gasteiger partial charge < -0.3 is 19.8 Å². The number of nitrogens with one attached hydrogen (secondary N) is 1. The van der Waals surface area contributed by atoms with Crippen LogP contribution in [0.2, 0.25) is 0 Å². The first kappa shape index (κ1) is 16.3. The molecule has 0 radical (unpaired) electrons. The van der Waals surface area contributed by atoms with Crippen LogP contribution < -0.4 is 10.2 Å². The standard InChI is InChI=1S/C17H22N4O3/c1-12-11-16(19-24-12)18-17(23)13(2)20-7-9-21(10-8-20)14-3-5-15(22)6-4-14/h3-6,11,13,22H,7-10H2,1-2H3,(H,18,19,23)/t13-/m1/s1. The predicted octanol–water partition coefficient (Wildman–Crippen LogP) is 1.84. The van der Waals surface area contributed by atoms with Crippen LogP contribution >= 0.6 is 0 Å². The summed E-state index contributed by atoms with van der Waals surface area (Å²) in [4.78, 5) is 16.7. The molecular formula is C17H22N4O3. The molecule has 0 saturated carbocycles. The van der Waals surface area contributed by atoms with E-state index < -0.39 is 0 Å². The van der Waals surface area contributed by atoms with Gasteiger partial charge in [-0.25, -0.2) is 0 Å². The van der Waals surface area contributed by atoms with Crippen molar-refractivity contribution in [2.24, 2.45) is 0 Å². The van der Waals surface area contributed by atoms with Crippen LogP contribution in [0.4, 0.5) is 11.5 Å². The summed E-state index contributed by atoms with van der Waals surface area (Å²) in [5, 5.41) is 15.9. The Morgan fingerprint density at radius 3 is 2.50 bits per heavy atom. The molecule has 1 aromatic carbocycles. The van der Waals surface area contributed by atoms with E-state index in [2.05, 4.69) is 20.3 Å². The Bertz CT molecular complexity index is 690. The number of aromatic nitrogens is 1. The lowest BCUT2D eigenvalue weighted by molar-refractivity contribution is -0.120. The van der Waals surface area contributed by atoms with Gasteiger partial charge in [0.05, 0.1) is 6.04 Å². The number of nitrogens with zero attached hydrogens (tertiary/aromatic N) is 3. The van der Waals surface area contributed by atoms with Crippen molar-refractivity contribution < 1.29 is 14.4 Å². The van der Waals surface area contributed by atoms with Gasteiger partial charge in [-0.1, -0.05) is 5.16 Å². The smallest absolute Gasteiger partial charge is 0.242 e. The van der Waals surface area contributed by atoms with Gasteiger partial charge in [-0.05, 0) is 38.1 Å². The summed E-state index contributed by atoms with van der Waals surface area (Å²) in [6.07, 6.45) is 0. The predicted molar refractivity (Wildman–Crippen MR) is 91.2 cm³/mol. The van der Waals surface area contributed by atoms with Crippen LogP contribution in [0.3, 0.4) is 0 Å². The highest BCUT2D eigenvalue weighted by molar-refractivity contribution is 5.93. The Balaban J connectivity index is 1.53. The molecule has 24 heavy (non-hydrogen) atoms. The fourth-order valence-corrected chi connectivity index (χ4v) is 2.85. The quantitative estimate of drug-likeness (QED) is 0.890. The van der Waals surface area contributed by atoms with Crippen LogP contribution in [0.5, 0.6) is 5.75 Å². The Hall–Kier alpha value is -2.54. The van der Waals surface area contributed by atoms with E-state index in [0.29, 0.717) is 11.6 Å². The van der Waals surface area contributed by atoms with E-state index in [0.717, 1.165) is 31.9 Å². The zero-order chi connectivity index (χ0) is 17.1. The number of hydrogen-bond donors (Lipinski definition) is 2. The molecule has 128 valence electrons. The van der Waals surface area contributed by atoms with Crippen LogP contribution in [0.15, 0.2) is 34.9 Å². The maximum absolute atomic E-state index is 12.3. The van der Waals surface area contributed by atoms with Gasteiger partial charge in [0.25, 0.3) is 0 Å². The van der Waals surface area contributed by atoms with Gasteiger partial charge in [-0.15, -0.1) is 0 Å². The van der Waals surface area contributed by atoms with Crippen molar-refractivity contribution in [2.75, 3.05) is 36.4 Å². The summed E-state index contributed by atoms with van der Waals surface area (Å²) in [5.41, 5.74) is 1.09. The van der Waals surface area contributed by atoms with Gasteiger partial charge in [-0.2, -0.15) is 0 Å². The van der Waals surface area contributed by atoms with Gasteiger partial charge in [0.2, 0.25) is 5.91 Å². The molecule has 2 heterocycles. The molecule has 1 amide bonds. The Morgan fingerprint density at radius 2 is 1.92 bits per heavy atom. The molecule has 0 bridgehead atoms. The average Bonchev–Trinajstić information content (AvgIpc) is 3.00. The minimum absolute atomic E-state index is 0.0821. The Morgan fingerprint density at radius 1 is 1.25 bits per heavy atom. The molecule has 1 fully saturated rings. The molecule has 0 spiro atoms. The summed E-state index contributed by atoms with van der Waals surface area (Å²) in [6.45, 7) is 6.96. The number of aromatic hydroxyl groups is 1. The maximum atomic E-state index is 12.3. The van der Waals surface area contributed by atoms with Gasteiger partial charge >= 0.3 is 0 Å². The molecule has 2 aromatic rings. The third-order valence-corrected chi connectivity index (χ3v) is 4.34. The van der Waals surface area contributed by atoms with Gasteiger partial charge in [0, 0.05) is 37.9 Å². The zero-order valence-electron chi connectivity index (χ0n) is 13.9. The number of benzene rings is 1. The third kappa shape index (κ3) is 3.68. The first-order chi connectivity index (χ1) is 11.5. The van der Waals surface area contributed by atoms with Crippen molar-refractivity contribution in [3.05, 3.63) is 36.1 Å². The van der Waals surface area contributed by atoms with Gasteiger partial charge in [-0.3, -0.25) is 9.69 Å². The molecule has 0 unspecified atom stereocenters. The second kappa shape index (κ2) is 6.92. The monoisotopic (exact) mass is 330 g/mol. The summed E-state index contributed by atoms with van der Waals surface area (Å²) in [6, 6.07) is 8.68. The SMILES string of the molecule is Cc1cc(NC(=O)[C@@H](C)N2CCN(c3ccc(O)cc3)CC2)no1. The topological polar surface area (TPSA) is 81.8 Å². The number of rotatable bonds is 4. The molecule has 1 aliphatic rings. The van der Waals surface area contributed by atoms with Gasteiger partial charge in [0.15, 0.2) is 5.82 Å². The van der Waals surface area contributed by atoms with Crippen molar-refractivity contribution in [1.82, 2.24) is 10.1 Å². The number of aryl methyl sites for hydroxylation is 1. The van der Waals surface area contributed by atoms with Crippen LogP contribution in [0.1, 0.15) is 12.7 Å². The number of hydrogen-bond acceptors (Lipinski definition) is 6. The molecule has 1 aromatic heterocycles. The molecule has 7 heteroatoms. The van der Waals surface area contributed by atoms with Crippen LogP contribution in [-0.4, -0.2) is 53.3 Å². The van der Waals surface area contributed by atoms with E-state index in [4.69, 9.17) is 4.52 Å². The number of carbonyl (C=O) groups excluding carboxylic acids is 1. The molecule has 1 saturated heterocycles. The van der Waals surface area contributed by atoms with Crippen molar-refractivity contribution in [1.29, 1.82) is 0 Å². The number of anilines is 2. The van der Waals surface area contributed by atoms with E-state index in [-0.39, 0.29) is 17.7 Å². The number of phenolic OH excluding ortho intramolecular Hbond substituents is 1. The van der Waals surface area contributed by atoms with Crippen LogP contribution in [-0.2, 0) is 4.79 Å². The van der Waals surface area contributed by atoms with Crippen molar-refractivity contribution in [3.63, 3.8) is 0 Å². The molecule has 0 aliphatic carbocycles. The van der Waals surface area contributed by atoms with E-state index >= 15 is 0 Å². The first-order valence-electron chi connectivity index (χ1n) is 8.05. The zero-order valence-corrected chi connectivity index (χ0v) is 13.9. The number of piperazine rings is 1. The molecule has 7 nitrogen and oxygen atoms in total. The van der Waals surface area contributed by atoms with Crippen LogP contribution in [0, 0.1) is 6.92 Å². The number of phenols is 1. The summed E-state index contributed by atoms with van der Waals surface area (Å²) in [7, 11) is 0. The highest BCUT2D eigenvalue weighted by Gasteiger charge is 2.26. The lowest BCUT2D eigenvalue weighted by Gasteiger charge is -2.38. The fraction of sp³-hybridized carbons (Fsp3) is 0.412. The maximum Gasteiger partial charge on any atom is 0.242 e. The molecular weight excluding hydrogens is 308 g/mol. The van der Waals surface area contributed by atoms with Crippen molar-refractivity contribution in [3.8, 4) is 5.75 Å². The minimum Gasteiger partial charge on any atom is -0.508 e. The molecule has 1 atom stereocenters. The highest BCUT2D eigenvalue weighted by Crippen LogP contribution is 2.20. The van der Waals surface area contributed by atoms with Crippen LogP contribution in [0.25, 0.3) is 0 Å². The minimum atomic E-state index is -0.232. The second-order valence-corrected chi connectivity index (χ2v) is 6.03. The first-order valence-corrected chi connectivity index (χ1v) is 8.05.